The highest BCUT2D eigenvalue weighted by Crippen LogP contribution is 2.19. The van der Waals surface area contributed by atoms with Crippen LogP contribution in [0.1, 0.15) is 98.3 Å². The van der Waals surface area contributed by atoms with Crippen LogP contribution in [-0.4, -0.2) is 0 Å². The van der Waals surface area contributed by atoms with Gasteiger partial charge in [-0.15, -0.1) is 0 Å². The second kappa shape index (κ2) is 13.2. The van der Waals surface area contributed by atoms with Gasteiger partial charge >= 0.3 is 0 Å². The molecule has 0 saturated carbocycles. The van der Waals surface area contributed by atoms with Crippen LogP contribution in [0.25, 0.3) is 0 Å². The molecule has 18 heavy (non-hydrogen) atoms. The van der Waals surface area contributed by atoms with Gasteiger partial charge in [0, 0.05) is 0 Å². The smallest absolute Gasteiger partial charge is 0.0295 e. The Morgan fingerprint density at radius 3 is 1.94 bits per heavy atom. The van der Waals surface area contributed by atoms with E-state index in [0.29, 0.717) is 0 Å². The zero-order chi connectivity index (χ0) is 13.6. The Hall–Kier alpha value is -0.260. The van der Waals surface area contributed by atoms with E-state index in [9.17, 15) is 0 Å². The first-order valence-electron chi connectivity index (χ1n) is 8.40. The first kappa shape index (κ1) is 17.7. The van der Waals surface area contributed by atoms with Crippen molar-refractivity contribution in [3.8, 4) is 0 Å². The molecule has 0 radical (unpaired) electrons. The molecule has 0 aromatic heterocycles. The van der Waals surface area contributed by atoms with Crippen LogP contribution in [0.15, 0.2) is 11.6 Å². The average molecular weight is 252 g/mol. The number of unbranched alkanes of at least 4 members (excludes halogenated alkanes) is 7. The quantitative estimate of drug-likeness (QED) is 0.262. The fourth-order valence-corrected chi connectivity index (χ4v) is 2.57. The summed E-state index contributed by atoms with van der Waals surface area (Å²) in [5.41, 5.74) is 1.62. The van der Waals surface area contributed by atoms with Gasteiger partial charge in [0.1, 0.15) is 0 Å². The Balaban J connectivity index is 3.45. The van der Waals surface area contributed by atoms with Gasteiger partial charge in [-0.1, -0.05) is 83.8 Å². The van der Waals surface area contributed by atoms with Crippen LogP contribution in [0.5, 0.6) is 0 Å². The third-order valence-corrected chi connectivity index (χ3v) is 4.07. The summed E-state index contributed by atoms with van der Waals surface area (Å²) in [6.07, 6.45) is 17.7. The lowest BCUT2D eigenvalue weighted by Crippen LogP contribution is -1.97. The van der Waals surface area contributed by atoms with Crippen LogP contribution in [0.2, 0.25) is 0 Å². The van der Waals surface area contributed by atoms with Crippen molar-refractivity contribution in [3.63, 3.8) is 0 Å². The van der Waals surface area contributed by atoms with Crippen molar-refractivity contribution in [1.29, 1.82) is 0 Å². The van der Waals surface area contributed by atoms with E-state index in [0.717, 1.165) is 5.92 Å². The van der Waals surface area contributed by atoms with Gasteiger partial charge in [-0.25, -0.2) is 0 Å². The Labute approximate surface area is 116 Å². The lowest BCUT2D eigenvalue weighted by Gasteiger charge is -2.12. The normalized spacial score (nSPS) is 12.4. The zero-order valence-corrected chi connectivity index (χ0v) is 13.4. The number of allylic oxidation sites excluding steroid dienone is 2. The van der Waals surface area contributed by atoms with Gasteiger partial charge in [-0.05, 0) is 32.1 Å². The molecule has 0 atom stereocenters. The molecule has 0 fully saturated rings. The molecule has 0 aliphatic heterocycles. The molecule has 0 N–H and O–H groups in total. The minimum Gasteiger partial charge on any atom is -0.0856 e. The summed E-state index contributed by atoms with van der Waals surface area (Å²) < 4.78 is 0. The Morgan fingerprint density at radius 1 is 0.833 bits per heavy atom. The fraction of sp³-hybridized carbons (Fsp3) is 0.889. The van der Waals surface area contributed by atoms with Crippen LogP contribution in [0, 0.1) is 5.92 Å². The van der Waals surface area contributed by atoms with Crippen molar-refractivity contribution < 1.29 is 0 Å². The Morgan fingerprint density at radius 2 is 1.39 bits per heavy atom. The third kappa shape index (κ3) is 10.9. The second-order valence-corrected chi connectivity index (χ2v) is 5.85. The second-order valence-electron chi connectivity index (χ2n) is 5.85. The summed E-state index contributed by atoms with van der Waals surface area (Å²) >= 11 is 0. The maximum absolute atomic E-state index is 2.49. The first-order chi connectivity index (χ1) is 8.74. The molecule has 0 aromatic carbocycles. The van der Waals surface area contributed by atoms with Gasteiger partial charge in [0.25, 0.3) is 0 Å². The molecule has 0 aliphatic carbocycles. The topological polar surface area (TPSA) is 0 Å². The standard InChI is InChI=1S/C18H36/c1-5-8-9-10-11-12-13-14-15-17(4)16-18(6-2)7-3/h15,18H,5-14,16H2,1-4H3. The van der Waals surface area contributed by atoms with Crippen molar-refractivity contribution in [2.24, 2.45) is 5.92 Å². The Bertz CT molecular complexity index is 186. The predicted molar refractivity (Wildman–Crippen MR) is 85.1 cm³/mol. The zero-order valence-electron chi connectivity index (χ0n) is 13.4. The van der Waals surface area contributed by atoms with Gasteiger partial charge in [0.15, 0.2) is 0 Å². The number of hydrogen-bond acceptors (Lipinski definition) is 0. The van der Waals surface area contributed by atoms with Gasteiger partial charge in [0.05, 0.1) is 0 Å². The lowest BCUT2D eigenvalue weighted by molar-refractivity contribution is 0.487. The van der Waals surface area contributed by atoms with Crippen molar-refractivity contribution in [2.45, 2.75) is 98.3 Å². The molecule has 0 amide bonds. The molecule has 0 nitrogen and oxygen atoms in total. The highest BCUT2D eigenvalue weighted by molar-refractivity contribution is 4.98. The lowest BCUT2D eigenvalue weighted by atomic mass is 9.94. The van der Waals surface area contributed by atoms with Crippen molar-refractivity contribution in [3.05, 3.63) is 11.6 Å². The summed E-state index contributed by atoms with van der Waals surface area (Å²) in [6, 6.07) is 0. The molecule has 0 unspecified atom stereocenters. The van der Waals surface area contributed by atoms with Gasteiger partial charge in [0.2, 0.25) is 0 Å². The summed E-state index contributed by atoms with van der Waals surface area (Å²) in [5.74, 6) is 0.912. The van der Waals surface area contributed by atoms with E-state index in [-0.39, 0.29) is 0 Å². The van der Waals surface area contributed by atoms with E-state index in [4.69, 9.17) is 0 Å². The maximum atomic E-state index is 2.49. The molecule has 0 heteroatoms. The van der Waals surface area contributed by atoms with Crippen LogP contribution < -0.4 is 0 Å². The monoisotopic (exact) mass is 252 g/mol. The van der Waals surface area contributed by atoms with Gasteiger partial charge in [-0.2, -0.15) is 0 Å². The third-order valence-electron chi connectivity index (χ3n) is 4.07. The molecule has 0 aliphatic rings. The fourth-order valence-electron chi connectivity index (χ4n) is 2.57. The summed E-state index contributed by atoms with van der Waals surface area (Å²) in [7, 11) is 0. The number of hydrogen-bond donors (Lipinski definition) is 0. The average Bonchev–Trinajstić information content (AvgIpc) is 2.39. The van der Waals surface area contributed by atoms with Gasteiger partial charge in [-0.3, -0.25) is 0 Å². The van der Waals surface area contributed by atoms with E-state index in [1.807, 2.05) is 0 Å². The molecule has 0 aromatic rings. The first-order valence-corrected chi connectivity index (χ1v) is 8.40. The van der Waals surface area contributed by atoms with Crippen LogP contribution in [0.3, 0.4) is 0 Å². The molecule has 0 heterocycles. The molecular formula is C18H36. The summed E-state index contributed by atoms with van der Waals surface area (Å²) in [5, 5.41) is 0. The highest BCUT2D eigenvalue weighted by Gasteiger charge is 2.03. The highest BCUT2D eigenvalue weighted by atomic mass is 14.1. The summed E-state index contributed by atoms with van der Waals surface area (Å²) in [4.78, 5) is 0. The van der Waals surface area contributed by atoms with Gasteiger partial charge < -0.3 is 0 Å². The van der Waals surface area contributed by atoms with Crippen LogP contribution in [-0.2, 0) is 0 Å². The minimum atomic E-state index is 0.912. The van der Waals surface area contributed by atoms with Crippen molar-refractivity contribution >= 4 is 0 Å². The predicted octanol–water partition coefficient (Wildman–Crippen LogP) is 6.90. The van der Waals surface area contributed by atoms with E-state index in [1.54, 1.807) is 5.57 Å². The van der Waals surface area contributed by atoms with E-state index in [2.05, 4.69) is 33.8 Å². The molecular weight excluding hydrogens is 216 g/mol. The van der Waals surface area contributed by atoms with Crippen molar-refractivity contribution in [1.82, 2.24) is 0 Å². The minimum absolute atomic E-state index is 0.912. The summed E-state index contributed by atoms with van der Waals surface area (Å²) in [6.45, 7) is 9.24. The molecule has 0 saturated heterocycles. The molecule has 0 rings (SSSR count). The van der Waals surface area contributed by atoms with Crippen molar-refractivity contribution in [2.75, 3.05) is 0 Å². The van der Waals surface area contributed by atoms with E-state index >= 15 is 0 Å². The van der Waals surface area contributed by atoms with E-state index < -0.39 is 0 Å². The molecule has 0 spiro atoms. The number of rotatable bonds is 12. The maximum Gasteiger partial charge on any atom is -0.0295 e. The molecule has 108 valence electrons. The molecule has 0 bridgehead atoms. The Kier molecular flexibility index (Phi) is 13.0. The van der Waals surface area contributed by atoms with Crippen LogP contribution in [0.4, 0.5) is 0 Å². The largest absolute Gasteiger partial charge is 0.0856 e. The van der Waals surface area contributed by atoms with Crippen LogP contribution >= 0.6 is 0 Å². The van der Waals surface area contributed by atoms with E-state index in [1.165, 1.54) is 70.6 Å². The SMILES string of the molecule is CCCCCCCCCC=C(C)CC(CC)CC.